The van der Waals surface area contributed by atoms with Gasteiger partial charge in [0, 0.05) is 17.7 Å². The molecule has 1 atom stereocenters. The number of aliphatic carboxylic acids is 1. The molecule has 3 rings (SSSR count). The Bertz CT molecular complexity index is 635. The Morgan fingerprint density at radius 3 is 3.05 bits per heavy atom. The molecule has 0 saturated heterocycles. The third kappa shape index (κ3) is 2.16. The van der Waals surface area contributed by atoms with Gasteiger partial charge >= 0.3 is 5.97 Å². The van der Waals surface area contributed by atoms with Crippen LogP contribution in [0.2, 0.25) is 0 Å². The molecule has 19 heavy (non-hydrogen) atoms. The van der Waals surface area contributed by atoms with Crippen molar-refractivity contribution in [2.75, 3.05) is 5.73 Å². The summed E-state index contributed by atoms with van der Waals surface area (Å²) in [6, 6.07) is 7.37. The first-order valence-electron chi connectivity index (χ1n) is 6.16. The van der Waals surface area contributed by atoms with Crippen molar-refractivity contribution < 1.29 is 9.90 Å². The molecule has 6 nitrogen and oxygen atoms in total. The predicted octanol–water partition coefficient (Wildman–Crippen LogP) is 1.17. The molecule has 1 aromatic heterocycles. The summed E-state index contributed by atoms with van der Waals surface area (Å²) in [5.74, 6) is 0.304. The minimum Gasteiger partial charge on any atom is -0.481 e. The highest BCUT2D eigenvalue weighted by Gasteiger charge is 2.26. The van der Waals surface area contributed by atoms with E-state index in [1.54, 1.807) is 10.7 Å². The van der Waals surface area contributed by atoms with Crippen molar-refractivity contribution in [1.29, 1.82) is 0 Å². The van der Waals surface area contributed by atoms with Gasteiger partial charge in [0.05, 0.1) is 12.5 Å². The summed E-state index contributed by atoms with van der Waals surface area (Å²) in [5.41, 5.74) is 7.26. The zero-order valence-corrected chi connectivity index (χ0v) is 10.3. The molecule has 3 N–H and O–H groups in total. The Morgan fingerprint density at radius 2 is 2.32 bits per heavy atom. The predicted molar refractivity (Wildman–Crippen MR) is 69.3 cm³/mol. The second-order valence-corrected chi connectivity index (χ2v) is 4.73. The maximum absolute atomic E-state index is 11.0. The van der Waals surface area contributed by atoms with Gasteiger partial charge in [0.15, 0.2) is 5.82 Å². The molecule has 1 unspecified atom stereocenters. The van der Waals surface area contributed by atoms with E-state index in [2.05, 4.69) is 10.1 Å². The van der Waals surface area contributed by atoms with Crippen molar-refractivity contribution in [1.82, 2.24) is 14.8 Å². The number of carboxylic acids is 1. The molecule has 0 aliphatic carbocycles. The quantitative estimate of drug-likeness (QED) is 0.789. The molecule has 0 spiro atoms. The molecule has 0 radical (unpaired) electrons. The zero-order chi connectivity index (χ0) is 13.4. The number of anilines is 1. The maximum Gasteiger partial charge on any atom is 0.308 e. The van der Waals surface area contributed by atoms with Crippen LogP contribution in [0.3, 0.4) is 0 Å². The maximum atomic E-state index is 11.0. The topological polar surface area (TPSA) is 94.0 Å². The van der Waals surface area contributed by atoms with E-state index in [0.717, 1.165) is 11.4 Å². The van der Waals surface area contributed by atoms with Crippen LogP contribution in [0, 0.1) is 5.92 Å². The van der Waals surface area contributed by atoms with Gasteiger partial charge in [0.2, 0.25) is 0 Å². The van der Waals surface area contributed by atoms with Gasteiger partial charge in [0.1, 0.15) is 5.82 Å². The van der Waals surface area contributed by atoms with E-state index in [9.17, 15) is 4.79 Å². The largest absolute Gasteiger partial charge is 0.481 e. The van der Waals surface area contributed by atoms with Gasteiger partial charge in [-0.25, -0.2) is 9.67 Å². The van der Waals surface area contributed by atoms with Gasteiger partial charge in [-0.3, -0.25) is 4.79 Å². The summed E-state index contributed by atoms with van der Waals surface area (Å²) in [6.07, 6.45) is 1.26. The lowest BCUT2D eigenvalue weighted by molar-refractivity contribution is -0.142. The fraction of sp³-hybridized carbons (Fsp3) is 0.308. The van der Waals surface area contributed by atoms with Crippen molar-refractivity contribution in [3.63, 3.8) is 0 Å². The Kier molecular flexibility index (Phi) is 2.70. The number of fused-ring (bicyclic) bond motifs is 1. The summed E-state index contributed by atoms with van der Waals surface area (Å²) in [6.45, 7) is 0.389. The van der Waals surface area contributed by atoms with E-state index in [1.165, 1.54) is 0 Å². The first kappa shape index (κ1) is 11.7. The minimum absolute atomic E-state index is 0.372. The number of hydrogen-bond acceptors (Lipinski definition) is 4. The molecule has 0 amide bonds. The van der Waals surface area contributed by atoms with Crippen LogP contribution in [0.1, 0.15) is 12.2 Å². The van der Waals surface area contributed by atoms with Crippen LogP contribution < -0.4 is 5.73 Å². The van der Waals surface area contributed by atoms with E-state index in [-0.39, 0.29) is 5.92 Å². The van der Waals surface area contributed by atoms with Gasteiger partial charge in [-0.05, 0) is 18.6 Å². The number of nitrogens with zero attached hydrogens (tertiary/aromatic N) is 3. The average molecular weight is 258 g/mol. The zero-order valence-electron chi connectivity index (χ0n) is 10.3. The molecule has 0 fully saturated rings. The highest BCUT2D eigenvalue weighted by molar-refractivity contribution is 5.70. The summed E-state index contributed by atoms with van der Waals surface area (Å²) in [5, 5.41) is 13.4. The molecule has 2 heterocycles. The van der Waals surface area contributed by atoms with Crippen molar-refractivity contribution in [2.24, 2.45) is 5.92 Å². The summed E-state index contributed by atoms with van der Waals surface area (Å²) < 4.78 is 1.70. The molecule has 2 aromatic rings. The number of benzene rings is 1. The van der Waals surface area contributed by atoms with Crippen LogP contribution in [-0.2, 0) is 17.8 Å². The van der Waals surface area contributed by atoms with E-state index < -0.39 is 5.97 Å². The molecule has 6 heteroatoms. The lowest BCUT2D eigenvalue weighted by Crippen LogP contribution is -2.27. The second-order valence-electron chi connectivity index (χ2n) is 4.73. The van der Waals surface area contributed by atoms with Crippen LogP contribution in [0.25, 0.3) is 11.4 Å². The number of nitrogen functional groups attached to an aromatic ring is 1. The SMILES string of the molecule is Nc1cccc(-c2nc3n(n2)CC(C(=O)O)CC3)c1. The van der Waals surface area contributed by atoms with Crippen molar-refractivity contribution in [3.05, 3.63) is 30.1 Å². The molecule has 1 aliphatic rings. The molecule has 98 valence electrons. The molecule has 1 aromatic carbocycles. The van der Waals surface area contributed by atoms with Crippen molar-refractivity contribution >= 4 is 11.7 Å². The molecule has 0 saturated carbocycles. The van der Waals surface area contributed by atoms with Gasteiger partial charge in [-0.2, -0.15) is 5.10 Å². The van der Waals surface area contributed by atoms with Crippen molar-refractivity contribution in [2.45, 2.75) is 19.4 Å². The normalized spacial score (nSPS) is 18.0. The Labute approximate surface area is 109 Å². The molecule has 1 aliphatic heterocycles. The Hall–Kier alpha value is -2.37. The molecular formula is C13H14N4O2. The van der Waals surface area contributed by atoms with Gasteiger partial charge in [-0.15, -0.1) is 0 Å². The average Bonchev–Trinajstić information content (AvgIpc) is 2.81. The Balaban J connectivity index is 1.93. The highest BCUT2D eigenvalue weighted by Crippen LogP contribution is 2.23. The number of carboxylic acid groups (broad SMARTS) is 1. The van der Waals surface area contributed by atoms with Crippen LogP contribution in [0.5, 0.6) is 0 Å². The molecule has 0 bridgehead atoms. The summed E-state index contributed by atoms with van der Waals surface area (Å²) in [4.78, 5) is 15.5. The second kappa shape index (κ2) is 4.38. The number of hydrogen-bond donors (Lipinski definition) is 2. The first-order valence-corrected chi connectivity index (χ1v) is 6.16. The van der Waals surface area contributed by atoms with Gasteiger partial charge in [-0.1, -0.05) is 12.1 Å². The minimum atomic E-state index is -0.772. The number of carbonyl (C=O) groups is 1. The van der Waals surface area contributed by atoms with Crippen LogP contribution >= 0.6 is 0 Å². The van der Waals surface area contributed by atoms with E-state index in [0.29, 0.717) is 30.9 Å². The van der Waals surface area contributed by atoms with Crippen LogP contribution in [-0.4, -0.2) is 25.8 Å². The first-order chi connectivity index (χ1) is 9.13. The Morgan fingerprint density at radius 1 is 1.47 bits per heavy atom. The van der Waals surface area contributed by atoms with Gasteiger partial charge < -0.3 is 10.8 Å². The van der Waals surface area contributed by atoms with Crippen molar-refractivity contribution in [3.8, 4) is 11.4 Å². The van der Waals surface area contributed by atoms with Crippen LogP contribution in [0.15, 0.2) is 24.3 Å². The number of aryl methyl sites for hydroxylation is 1. The standard InChI is InChI=1S/C13H14N4O2/c14-10-3-1-2-8(6-10)12-15-11-5-4-9(13(18)19)7-17(11)16-12/h1-3,6,9H,4-5,7,14H2,(H,18,19). The summed E-state index contributed by atoms with van der Waals surface area (Å²) in [7, 11) is 0. The third-order valence-corrected chi connectivity index (χ3v) is 3.35. The smallest absolute Gasteiger partial charge is 0.308 e. The van der Waals surface area contributed by atoms with Crippen LogP contribution in [0.4, 0.5) is 5.69 Å². The third-order valence-electron chi connectivity index (χ3n) is 3.35. The fourth-order valence-corrected chi connectivity index (χ4v) is 2.31. The number of aromatic nitrogens is 3. The number of nitrogens with two attached hydrogens (primary N) is 1. The lowest BCUT2D eigenvalue weighted by atomic mass is 10.0. The van der Waals surface area contributed by atoms with E-state index in [4.69, 9.17) is 10.8 Å². The number of rotatable bonds is 2. The summed E-state index contributed by atoms with van der Waals surface area (Å²) >= 11 is 0. The highest BCUT2D eigenvalue weighted by atomic mass is 16.4. The fourth-order valence-electron chi connectivity index (χ4n) is 2.31. The monoisotopic (exact) mass is 258 g/mol. The lowest BCUT2D eigenvalue weighted by Gasteiger charge is -2.18. The van der Waals surface area contributed by atoms with E-state index in [1.807, 2.05) is 18.2 Å². The molecular weight excluding hydrogens is 244 g/mol. The van der Waals surface area contributed by atoms with E-state index >= 15 is 0 Å². The van der Waals surface area contributed by atoms with Gasteiger partial charge in [0.25, 0.3) is 0 Å².